The van der Waals surface area contributed by atoms with Crippen LogP contribution in [0.4, 0.5) is 0 Å². The molecule has 136 valence electrons. The van der Waals surface area contributed by atoms with Gasteiger partial charge in [0.05, 0.1) is 16.3 Å². The maximum atomic E-state index is 12.7. The van der Waals surface area contributed by atoms with Crippen LogP contribution in [0, 0.1) is 0 Å². The van der Waals surface area contributed by atoms with Crippen molar-refractivity contribution >= 4 is 33.0 Å². The first-order valence-electron chi connectivity index (χ1n) is 7.99. The van der Waals surface area contributed by atoms with Gasteiger partial charge in [-0.25, -0.2) is 0 Å². The molecule has 4 aromatic rings. The Morgan fingerprint density at radius 1 is 0.963 bits per heavy atom. The van der Waals surface area contributed by atoms with Gasteiger partial charge in [0, 0.05) is 21.5 Å². The summed E-state index contributed by atoms with van der Waals surface area (Å²) < 4.78 is 25.5. The predicted octanol–water partition coefficient (Wildman–Crippen LogP) is 4.86. The van der Waals surface area contributed by atoms with Gasteiger partial charge >= 0.3 is 0 Å². The zero-order chi connectivity index (χ0) is 18.9. The van der Waals surface area contributed by atoms with Crippen LogP contribution in [0.25, 0.3) is 22.5 Å². The lowest BCUT2D eigenvalue weighted by Crippen LogP contribution is -2.25. The Morgan fingerprint density at radius 2 is 1.70 bits per heavy atom. The van der Waals surface area contributed by atoms with Crippen LogP contribution in [0.5, 0.6) is 0 Å². The van der Waals surface area contributed by atoms with Crippen molar-refractivity contribution in [2.45, 2.75) is 4.90 Å². The molecule has 2 aromatic heterocycles. The number of rotatable bonds is 5. The fourth-order valence-corrected chi connectivity index (χ4v) is 4.36. The van der Waals surface area contributed by atoms with Gasteiger partial charge < -0.3 is 0 Å². The highest BCUT2D eigenvalue weighted by Gasteiger charge is 2.18. The van der Waals surface area contributed by atoms with Gasteiger partial charge in [-0.1, -0.05) is 41.9 Å². The standard InChI is InChI=1S/C19H14ClN3O2S2/c20-16-8-6-14(7-9-16)19-12-18(15-10-11-26-13-15)21-23(19)22-27(24,25)17-4-2-1-3-5-17/h1-13,22H. The van der Waals surface area contributed by atoms with Crippen LogP contribution < -0.4 is 4.83 Å². The van der Waals surface area contributed by atoms with Gasteiger partial charge in [-0.05, 0) is 41.8 Å². The Bertz CT molecular complexity index is 1150. The monoisotopic (exact) mass is 415 g/mol. The lowest BCUT2D eigenvalue weighted by atomic mass is 10.1. The Hall–Kier alpha value is -2.61. The average molecular weight is 416 g/mol. The van der Waals surface area contributed by atoms with E-state index in [0.29, 0.717) is 16.4 Å². The number of benzene rings is 2. The van der Waals surface area contributed by atoms with Crippen LogP contribution in [0.15, 0.2) is 82.4 Å². The van der Waals surface area contributed by atoms with Crippen molar-refractivity contribution < 1.29 is 8.42 Å². The highest BCUT2D eigenvalue weighted by atomic mass is 35.5. The Morgan fingerprint density at radius 3 is 2.37 bits per heavy atom. The average Bonchev–Trinajstić information content (AvgIpc) is 3.33. The summed E-state index contributed by atoms with van der Waals surface area (Å²) >= 11 is 7.53. The van der Waals surface area contributed by atoms with Crippen LogP contribution in [0.1, 0.15) is 0 Å². The Kier molecular flexibility index (Phi) is 4.73. The third-order valence-electron chi connectivity index (χ3n) is 3.93. The minimum atomic E-state index is -3.78. The van der Waals surface area contributed by atoms with E-state index in [1.54, 1.807) is 41.7 Å². The fraction of sp³-hybridized carbons (Fsp3) is 0. The molecule has 0 aliphatic rings. The van der Waals surface area contributed by atoms with Crippen LogP contribution >= 0.6 is 22.9 Å². The van der Waals surface area contributed by atoms with Crippen molar-refractivity contribution in [1.82, 2.24) is 9.89 Å². The van der Waals surface area contributed by atoms with Gasteiger partial charge in [0.25, 0.3) is 10.0 Å². The minimum Gasteiger partial charge on any atom is -0.200 e. The number of halogens is 1. The molecule has 0 saturated heterocycles. The third-order valence-corrected chi connectivity index (χ3v) is 6.17. The molecule has 0 radical (unpaired) electrons. The summed E-state index contributed by atoms with van der Waals surface area (Å²) in [5, 5.41) is 8.98. The number of hydrogen-bond acceptors (Lipinski definition) is 4. The maximum absolute atomic E-state index is 12.7. The first kappa shape index (κ1) is 17.8. The van der Waals surface area contributed by atoms with Crippen LogP contribution in [0.3, 0.4) is 0 Å². The quantitative estimate of drug-likeness (QED) is 0.506. The maximum Gasteiger partial charge on any atom is 0.276 e. The van der Waals surface area contributed by atoms with Crippen molar-refractivity contribution in [2.75, 3.05) is 4.83 Å². The molecule has 2 aromatic carbocycles. The molecule has 0 amide bonds. The zero-order valence-electron chi connectivity index (χ0n) is 13.9. The van der Waals surface area contributed by atoms with E-state index in [9.17, 15) is 8.42 Å². The highest BCUT2D eigenvalue weighted by Crippen LogP contribution is 2.28. The van der Waals surface area contributed by atoms with E-state index >= 15 is 0 Å². The van der Waals surface area contributed by atoms with E-state index in [-0.39, 0.29) is 4.90 Å². The molecule has 1 N–H and O–H groups in total. The molecular formula is C19H14ClN3O2S2. The van der Waals surface area contributed by atoms with E-state index in [4.69, 9.17) is 11.6 Å². The Balaban J connectivity index is 1.80. The van der Waals surface area contributed by atoms with Gasteiger partial charge in [0.15, 0.2) is 0 Å². The summed E-state index contributed by atoms with van der Waals surface area (Å²) in [6, 6.07) is 19.1. The van der Waals surface area contributed by atoms with E-state index in [2.05, 4.69) is 9.93 Å². The van der Waals surface area contributed by atoms with Crippen LogP contribution in [0.2, 0.25) is 5.02 Å². The third kappa shape index (κ3) is 3.75. The molecule has 0 unspecified atom stereocenters. The van der Waals surface area contributed by atoms with Crippen LogP contribution in [-0.4, -0.2) is 18.3 Å². The van der Waals surface area contributed by atoms with Crippen LogP contribution in [-0.2, 0) is 10.0 Å². The number of nitrogens with one attached hydrogen (secondary N) is 1. The van der Waals surface area contributed by atoms with Gasteiger partial charge in [0.2, 0.25) is 0 Å². The summed E-state index contributed by atoms with van der Waals surface area (Å²) in [4.78, 5) is 4.00. The van der Waals surface area contributed by atoms with E-state index in [1.165, 1.54) is 16.9 Å². The van der Waals surface area contributed by atoms with Gasteiger partial charge in [-0.15, -0.1) is 0 Å². The largest absolute Gasteiger partial charge is 0.276 e. The zero-order valence-corrected chi connectivity index (χ0v) is 16.3. The van der Waals surface area contributed by atoms with Gasteiger partial charge in [-0.2, -0.15) is 34.5 Å². The molecule has 5 nitrogen and oxygen atoms in total. The van der Waals surface area contributed by atoms with Crippen molar-refractivity contribution in [1.29, 1.82) is 0 Å². The second kappa shape index (κ2) is 7.19. The summed E-state index contributed by atoms with van der Waals surface area (Å²) in [6.45, 7) is 0. The molecule has 2 heterocycles. The van der Waals surface area contributed by atoms with E-state index in [1.807, 2.05) is 35.0 Å². The highest BCUT2D eigenvalue weighted by molar-refractivity contribution is 7.92. The van der Waals surface area contributed by atoms with E-state index < -0.39 is 10.0 Å². The number of sulfonamides is 1. The van der Waals surface area contributed by atoms with Crippen molar-refractivity contribution in [3.05, 3.63) is 82.5 Å². The second-order valence-electron chi connectivity index (χ2n) is 5.75. The molecule has 0 bridgehead atoms. The second-order valence-corrected chi connectivity index (χ2v) is 8.63. The normalized spacial score (nSPS) is 11.4. The topological polar surface area (TPSA) is 64.0 Å². The SMILES string of the molecule is O=S(=O)(Nn1nc(-c2ccsc2)cc1-c1ccc(Cl)cc1)c1ccccc1. The summed E-state index contributed by atoms with van der Waals surface area (Å²) in [5.74, 6) is 0. The minimum absolute atomic E-state index is 0.166. The lowest BCUT2D eigenvalue weighted by Gasteiger charge is -2.11. The van der Waals surface area contributed by atoms with E-state index in [0.717, 1.165) is 11.1 Å². The molecule has 27 heavy (non-hydrogen) atoms. The van der Waals surface area contributed by atoms with Gasteiger partial charge in [0.1, 0.15) is 0 Å². The lowest BCUT2D eigenvalue weighted by molar-refractivity contribution is 0.592. The molecular weight excluding hydrogens is 402 g/mol. The molecule has 0 atom stereocenters. The molecule has 0 aliphatic heterocycles. The number of nitrogens with zero attached hydrogens (tertiary/aromatic N) is 2. The first-order valence-corrected chi connectivity index (χ1v) is 10.8. The summed E-state index contributed by atoms with van der Waals surface area (Å²) in [5.41, 5.74) is 3.02. The molecule has 8 heteroatoms. The smallest absolute Gasteiger partial charge is 0.200 e. The Labute approximate surface area is 165 Å². The predicted molar refractivity (Wildman–Crippen MR) is 109 cm³/mol. The number of aromatic nitrogens is 2. The van der Waals surface area contributed by atoms with Gasteiger partial charge in [-0.3, -0.25) is 0 Å². The van der Waals surface area contributed by atoms with Crippen molar-refractivity contribution in [2.24, 2.45) is 0 Å². The number of thiophene rings is 1. The molecule has 0 spiro atoms. The fourth-order valence-electron chi connectivity index (χ4n) is 2.59. The van der Waals surface area contributed by atoms with Crippen molar-refractivity contribution in [3.63, 3.8) is 0 Å². The molecule has 0 fully saturated rings. The summed E-state index contributed by atoms with van der Waals surface area (Å²) in [6.07, 6.45) is 0. The molecule has 0 aliphatic carbocycles. The first-order chi connectivity index (χ1) is 13.0. The summed E-state index contributed by atoms with van der Waals surface area (Å²) in [7, 11) is -3.78. The van der Waals surface area contributed by atoms with Crippen molar-refractivity contribution in [3.8, 4) is 22.5 Å². The molecule has 4 rings (SSSR count). The number of hydrogen-bond donors (Lipinski definition) is 1. The molecule has 0 saturated carbocycles.